The number of likely N-dealkylation sites (tertiary alicyclic amines) is 1. The first kappa shape index (κ1) is 12.4. The van der Waals surface area contributed by atoms with Crippen LogP contribution >= 0.6 is 0 Å². The molecule has 4 heteroatoms. The van der Waals surface area contributed by atoms with Crippen LogP contribution in [0.25, 0.3) is 0 Å². The minimum absolute atomic E-state index is 0.367. The number of benzene rings is 1. The zero-order valence-corrected chi connectivity index (χ0v) is 11.6. The lowest BCUT2D eigenvalue weighted by Crippen LogP contribution is -2.23. The molecule has 0 saturated carbocycles. The second-order valence-electron chi connectivity index (χ2n) is 5.39. The molecule has 1 aromatic heterocycles. The maximum atomic E-state index is 4.49. The van der Waals surface area contributed by atoms with Gasteiger partial charge in [0.1, 0.15) is 5.82 Å². The summed E-state index contributed by atoms with van der Waals surface area (Å²) in [6.45, 7) is 6.19. The Morgan fingerprint density at radius 2 is 2.05 bits per heavy atom. The number of rotatable bonds is 3. The molecule has 1 saturated heterocycles. The number of nitrogens with zero attached hydrogens (tertiary/aromatic N) is 3. The van der Waals surface area contributed by atoms with Gasteiger partial charge in [-0.3, -0.25) is 10.00 Å². The Morgan fingerprint density at radius 3 is 2.74 bits per heavy atom. The van der Waals surface area contributed by atoms with E-state index in [0.717, 1.165) is 31.2 Å². The third-order valence-corrected chi connectivity index (χ3v) is 3.78. The molecular weight excluding hydrogens is 236 g/mol. The number of aromatic amines is 1. The standard InChI is InChI=1S/C15H20N4/c1-11-5-7-13(8-6-11)10-19-9-3-4-14(19)15-16-12(2)17-18-15/h5-8,14H,3-4,9-10H2,1-2H3,(H,16,17,18)/t14-/m0/s1. The first-order valence-electron chi connectivity index (χ1n) is 6.91. The van der Waals surface area contributed by atoms with Gasteiger partial charge in [-0.25, -0.2) is 4.98 Å². The summed E-state index contributed by atoms with van der Waals surface area (Å²) >= 11 is 0. The molecule has 1 aliphatic heterocycles. The fraction of sp³-hybridized carbons (Fsp3) is 0.467. The van der Waals surface area contributed by atoms with Crippen LogP contribution in [0.3, 0.4) is 0 Å². The second-order valence-corrected chi connectivity index (χ2v) is 5.39. The Morgan fingerprint density at radius 1 is 1.26 bits per heavy atom. The predicted octanol–water partition coefficient (Wildman–Crippen LogP) is 2.76. The third kappa shape index (κ3) is 2.68. The molecule has 1 aliphatic rings. The fourth-order valence-corrected chi connectivity index (χ4v) is 2.74. The molecule has 0 bridgehead atoms. The van der Waals surface area contributed by atoms with Crippen molar-refractivity contribution in [3.63, 3.8) is 0 Å². The second kappa shape index (κ2) is 5.13. The van der Waals surface area contributed by atoms with Crippen LogP contribution in [0.15, 0.2) is 24.3 Å². The van der Waals surface area contributed by atoms with Gasteiger partial charge < -0.3 is 0 Å². The summed E-state index contributed by atoms with van der Waals surface area (Å²) in [5, 5.41) is 7.28. The molecule has 0 spiro atoms. The SMILES string of the molecule is Cc1ccc(CN2CCC[C@H]2c2n[nH]c(C)n2)cc1. The smallest absolute Gasteiger partial charge is 0.167 e. The van der Waals surface area contributed by atoms with Crippen molar-refractivity contribution in [2.75, 3.05) is 6.54 Å². The summed E-state index contributed by atoms with van der Waals surface area (Å²) in [6, 6.07) is 9.16. The van der Waals surface area contributed by atoms with Crippen LogP contribution in [0.1, 0.15) is 41.7 Å². The van der Waals surface area contributed by atoms with Gasteiger partial charge in [-0.2, -0.15) is 5.10 Å². The van der Waals surface area contributed by atoms with Gasteiger partial charge in [0, 0.05) is 6.54 Å². The molecule has 1 aromatic carbocycles. The van der Waals surface area contributed by atoms with Crippen molar-refractivity contribution < 1.29 is 0 Å². The van der Waals surface area contributed by atoms with Crippen LogP contribution in [-0.2, 0) is 6.54 Å². The lowest BCUT2D eigenvalue weighted by molar-refractivity contribution is 0.240. The zero-order valence-electron chi connectivity index (χ0n) is 11.6. The van der Waals surface area contributed by atoms with E-state index < -0.39 is 0 Å². The topological polar surface area (TPSA) is 44.8 Å². The maximum Gasteiger partial charge on any atom is 0.167 e. The molecule has 0 unspecified atom stereocenters. The molecule has 1 atom stereocenters. The minimum atomic E-state index is 0.367. The highest BCUT2D eigenvalue weighted by atomic mass is 15.3. The van der Waals surface area contributed by atoms with E-state index in [-0.39, 0.29) is 0 Å². The van der Waals surface area contributed by atoms with Crippen molar-refractivity contribution in [1.29, 1.82) is 0 Å². The molecule has 1 N–H and O–H groups in total. The van der Waals surface area contributed by atoms with Crippen LogP contribution in [0.2, 0.25) is 0 Å². The molecule has 3 rings (SSSR count). The predicted molar refractivity (Wildman–Crippen MR) is 74.7 cm³/mol. The first-order valence-corrected chi connectivity index (χ1v) is 6.91. The van der Waals surface area contributed by atoms with Crippen LogP contribution in [0, 0.1) is 13.8 Å². The molecule has 2 heterocycles. The van der Waals surface area contributed by atoms with E-state index >= 15 is 0 Å². The van der Waals surface area contributed by atoms with Gasteiger partial charge in [-0.1, -0.05) is 29.8 Å². The summed E-state index contributed by atoms with van der Waals surface area (Å²) in [5.41, 5.74) is 2.68. The average molecular weight is 256 g/mol. The van der Waals surface area contributed by atoms with Gasteiger partial charge in [-0.05, 0) is 38.8 Å². The largest absolute Gasteiger partial charge is 0.289 e. The van der Waals surface area contributed by atoms with Gasteiger partial charge in [0.05, 0.1) is 6.04 Å². The number of hydrogen-bond donors (Lipinski definition) is 1. The van der Waals surface area contributed by atoms with Crippen molar-refractivity contribution in [3.05, 3.63) is 47.0 Å². The van der Waals surface area contributed by atoms with E-state index in [1.807, 2.05) is 6.92 Å². The number of H-pyrrole nitrogens is 1. The van der Waals surface area contributed by atoms with Gasteiger partial charge in [-0.15, -0.1) is 0 Å². The molecule has 0 aliphatic carbocycles. The van der Waals surface area contributed by atoms with Crippen molar-refractivity contribution in [2.24, 2.45) is 0 Å². The molecular formula is C15H20N4. The van der Waals surface area contributed by atoms with Gasteiger partial charge >= 0.3 is 0 Å². The quantitative estimate of drug-likeness (QED) is 0.918. The van der Waals surface area contributed by atoms with Gasteiger partial charge in [0.25, 0.3) is 0 Å². The lowest BCUT2D eigenvalue weighted by atomic mass is 10.1. The molecule has 19 heavy (non-hydrogen) atoms. The number of aryl methyl sites for hydroxylation is 2. The first-order chi connectivity index (χ1) is 9.22. The summed E-state index contributed by atoms with van der Waals surface area (Å²) in [5.74, 6) is 1.85. The highest BCUT2D eigenvalue weighted by Gasteiger charge is 2.28. The monoisotopic (exact) mass is 256 g/mol. The van der Waals surface area contributed by atoms with Crippen LogP contribution in [-0.4, -0.2) is 26.6 Å². The number of hydrogen-bond acceptors (Lipinski definition) is 3. The van der Waals surface area contributed by atoms with E-state index in [0.29, 0.717) is 6.04 Å². The van der Waals surface area contributed by atoms with E-state index in [9.17, 15) is 0 Å². The lowest BCUT2D eigenvalue weighted by Gasteiger charge is -2.22. The van der Waals surface area contributed by atoms with E-state index in [4.69, 9.17) is 0 Å². The Hall–Kier alpha value is -1.68. The van der Waals surface area contributed by atoms with E-state index in [1.54, 1.807) is 0 Å². The Bertz CT molecular complexity index is 544. The molecule has 1 fully saturated rings. The van der Waals surface area contributed by atoms with Crippen molar-refractivity contribution in [1.82, 2.24) is 20.1 Å². The van der Waals surface area contributed by atoms with Crippen molar-refractivity contribution >= 4 is 0 Å². The molecule has 100 valence electrons. The van der Waals surface area contributed by atoms with Crippen molar-refractivity contribution in [3.8, 4) is 0 Å². The zero-order chi connectivity index (χ0) is 13.2. The Labute approximate surface area is 113 Å². The van der Waals surface area contributed by atoms with Crippen molar-refractivity contribution in [2.45, 2.75) is 39.3 Å². The van der Waals surface area contributed by atoms with E-state index in [2.05, 4.69) is 51.3 Å². The summed E-state index contributed by atoms with van der Waals surface area (Å²) in [7, 11) is 0. The number of nitrogens with one attached hydrogen (secondary N) is 1. The van der Waals surface area contributed by atoms with Crippen LogP contribution in [0.5, 0.6) is 0 Å². The maximum absolute atomic E-state index is 4.49. The fourth-order valence-electron chi connectivity index (χ4n) is 2.74. The normalized spacial score (nSPS) is 20.0. The summed E-state index contributed by atoms with van der Waals surface area (Å²) in [4.78, 5) is 6.97. The Kier molecular flexibility index (Phi) is 3.34. The highest BCUT2D eigenvalue weighted by molar-refractivity contribution is 5.21. The molecule has 4 nitrogen and oxygen atoms in total. The van der Waals surface area contributed by atoms with E-state index in [1.165, 1.54) is 17.5 Å². The third-order valence-electron chi connectivity index (χ3n) is 3.78. The molecule has 0 amide bonds. The highest BCUT2D eigenvalue weighted by Crippen LogP contribution is 2.31. The van der Waals surface area contributed by atoms with Gasteiger partial charge in [0.2, 0.25) is 0 Å². The number of aromatic nitrogens is 3. The molecule has 2 aromatic rings. The average Bonchev–Trinajstić information content (AvgIpc) is 3.01. The summed E-state index contributed by atoms with van der Waals surface area (Å²) < 4.78 is 0. The van der Waals surface area contributed by atoms with Crippen LogP contribution in [0.4, 0.5) is 0 Å². The Balaban J connectivity index is 1.74. The van der Waals surface area contributed by atoms with Crippen LogP contribution < -0.4 is 0 Å². The minimum Gasteiger partial charge on any atom is -0.289 e. The summed E-state index contributed by atoms with van der Waals surface area (Å²) in [6.07, 6.45) is 2.38. The van der Waals surface area contributed by atoms with Gasteiger partial charge in [0.15, 0.2) is 5.82 Å². The molecule has 0 radical (unpaired) electrons.